The van der Waals surface area contributed by atoms with Crippen LogP contribution >= 0.6 is 0 Å². The van der Waals surface area contributed by atoms with Crippen molar-refractivity contribution >= 4 is 29.6 Å². The van der Waals surface area contributed by atoms with E-state index < -0.39 is 60.2 Å². The summed E-state index contributed by atoms with van der Waals surface area (Å²) in [5.74, 6) is -2.90. The lowest BCUT2D eigenvalue weighted by atomic mass is 9.89. The number of likely N-dealkylation sites (N-methyl/N-ethyl adjacent to an activating group) is 2. The molecule has 1 fully saturated rings. The zero-order valence-corrected chi connectivity index (χ0v) is 34.5. The van der Waals surface area contributed by atoms with E-state index in [4.69, 9.17) is 14.2 Å². The number of carboxylic acids is 1. The van der Waals surface area contributed by atoms with E-state index in [1.54, 1.807) is 55.1 Å². The summed E-state index contributed by atoms with van der Waals surface area (Å²) in [7, 11) is 7.94. The van der Waals surface area contributed by atoms with Gasteiger partial charge in [-0.1, -0.05) is 73.1 Å². The first-order chi connectivity index (χ1) is 25.5. The van der Waals surface area contributed by atoms with Crippen LogP contribution in [0.25, 0.3) is 0 Å². The van der Waals surface area contributed by atoms with E-state index in [-0.39, 0.29) is 48.3 Å². The van der Waals surface area contributed by atoms with Crippen molar-refractivity contribution in [3.05, 3.63) is 29.8 Å². The fourth-order valence-electron chi connectivity index (χ4n) is 7.64. The molecular formula is C40H67N5O9. The number of benzene rings is 1. The lowest BCUT2D eigenvalue weighted by Gasteiger charge is -2.41. The molecule has 0 radical (unpaired) electrons. The van der Waals surface area contributed by atoms with Gasteiger partial charge in [-0.05, 0) is 49.3 Å². The fourth-order valence-corrected chi connectivity index (χ4v) is 7.64. The minimum Gasteiger partial charge on any atom is -0.496 e. The number of methoxy groups -OCH3 is 3. The van der Waals surface area contributed by atoms with Crippen LogP contribution in [0.4, 0.5) is 0 Å². The summed E-state index contributed by atoms with van der Waals surface area (Å²) in [6.45, 7) is 13.8. The Morgan fingerprint density at radius 2 is 1.56 bits per heavy atom. The molecule has 306 valence electrons. The first kappa shape index (κ1) is 46.4. The number of rotatable bonds is 22. The molecule has 0 saturated carbocycles. The number of aliphatic carboxylic acids is 1. The van der Waals surface area contributed by atoms with Crippen LogP contribution in [0.15, 0.2) is 24.3 Å². The van der Waals surface area contributed by atoms with Gasteiger partial charge in [0, 0.05) is 34.2 Å². The van der Waals surface area contributed by atoms with Crippen molar-refractivity contribution < 1.29 is 43.3 Å². The third kappa shape index (κ3) is 11.9. The molecule has 4 amide bonds. The van der Waals surface area contributed by atoms with Crippen LogP contribution < -0.4 is 20.7 Å². The second-order valence-corrected chi connectivity index (χ2v) is 15.2. The van der Waals surface area contributed by atoms with Gasteiger partial charge in [0.25, 0.3) is 0 Å². The third-order valence-corrected chi connectivity index (χ3v) is 11.0. The highest BCUT2D eigenvalue weighted by Crippen LogP contribution is 2.30. The average Bonchev–Trinajstić information content (AvgIpc) is 3.62. The molecule has 2 rings (SSSR count). The number of hydrogen-bond donors (Lipinski definition) is 4. The molecule has 0 aliphatic carbocycles. The van der Waals surface area contributed by atoms with Gasteiger partial charge in [-0.2, -0.15) is 0 Å². The highest BCUT2D eigenvalue weighted by atomic mass is 16.5. The highest BCUT2D eigenvalue weighted by molar-refractivity contribution is 5.90. The molecule has 14 nitrogen and oxygen atoms in total. The molecule has 14 heteroatoms. The number of amides is 4. The van der Waals surface area contributed by atoms with E-state index in [0.717, 1.165) is 0 Å². The number of ether oxygens (including phenoxy) is 3. The SMILES string of the molecule is CC[C@H](C)[C@@H]([C@@H](CC(=O)N1CCCC1[C@H](OC)[C@@H](C)C(=O)NC(Cc1ccccc1OC)C(=O)O)OC)N(C)C(=O)C(NC(=O)C(NC)C(C)C)C(C)C. The van der Waals surface area contributed by atoms with Crippen molar-refractivity contribution in [2.45, 2.75) is 123 Å². The Morgan fingerprint density at radius 3 is 2.07 bits per heavy atom. The summed E-state index contributed by atoms with van der Waals surface area (Å²) in [6, 6.07) is 3.66. The second kappa shape index (κ2) is 22.0. The number of nitrogens with zero attached hydrogens (tertiary/aromatic N) is 2. The minimum absolute atomic E-state index is 0.0165. The van der Waals surface area contributed by atoms with Crippen molar-refractivity contribution in [2.24, 2.45) is 23.7 Å². The fraction of sp³-hybridized carbons (Fsp3) is 0.725. The molecule has 0 aromatic heterocycles. The molecule has 0 bridgehead atoms. The standard InChI is InChI=1S/C40H67N5O9/c1-13-25(6)35(44(9)39(49)34(24(4)5)43-38(48)33(41-8)23(2)3)31(53-11)22-32(46)45-20-16-18-29(45)36(54-12)26(7)37(47)42-28(40(50)51)21-27-17-14-15-19-30(27)52-10/h14-15,17,19,23-26,28-29,31,33-36,41H,13,16,18,20-22H2,1-12H3,(H,42,47)(H,43,48)(H,50,51)/t25-,26+,28?,29?,31+,33?,34?,35-,36+/m0/s1. The van der Waals surface area contributed by atoms with Crippen LogP contribution in [0.3, 0.4) is 0 Å². The van der Waals surface area contributed by atoms with Crippen molar-refractivity contribution in [2.75, 3.05) is 42.0 Å². The summed E-state index contributed by atoms with van der Waals surface area (Å²) in [6.07, 6.45) is 0.620. The lowest BCUT2D eigenvalue weighted by molar-refractivity contribution is -0.148. The maximum Gasteiger partial charge on any atom is 0.326 e. The Bertz CT molecular complexity index is 1390. The lowest BCUT2D eigenvalue weighted by Crippen LogP contribution is -2.59. The van der Waals surface area contributed by atoms with Crippen molar-refractivity contribution in [3.8, 4) is 5.75 Å². The van der Waals surface area contributed by atoms with Crippen molar-refractivity contribution in [1.82, 2.24) is 25.8 Å². The van der Waals surface area contributed by atoms with Gasteiger partial charge in [0.05, 0.1) is 49.8 Å². The third-order valence-electron chi connectivity index (χ3n) is 11.0. The van der Waals surface area contributed by atoms with Gasteiger partial charge in [-0.3, -0.25) is 19.2 Å². The molecular weight excluding hydrogens is 694 g/mol. The van der Waals surface area contributed by atoms with E-state index in [1.807, 2.05) is 41.5 Å². The summed E-state index contributed by atoms with van der Waals surface area (Å²) in [5.41, 5.74) is 0.644. The Kier molecular flexibility index (Phi) is 18.9. The van der Waals surface area contributed by atoms with Crippen LogP contribution in [0.1, 0.15) is 79.7 Å². The summed E-state index contributed by atoms with van der Waals surface area (Å²) in [4.78, 5) is 70.7. The molecule has 1 heterocycles. The molecule has 1 aromatic carbocycles. The average molecular weight is 762 g/mol. The van der Waals surface area contributed by atoms with Crippen LogP contribution in [-0.2, 0) is 39.9 Å². The van der Waals surface area contributed by atoms with E-state index in [9.17, 15) is 29.1 Å². The molecule has 0 spiro atoms. The van der Waals surface area contributed by atoms with E-state index >= 15 is 0 Å². The normalized spacial score (nSPS) is 18.9. The molecule has 9 atom stereocenters. The number of carboxylic acid groups (broad SMARTS) is 1. The van der Waals surface area contributed by atoms with Gasteiger partial charge >= 0.3 is 5.97 Å². The molecule has 1 aromatic rings. The zero-order valence-electron chi connectivity index (χ0n) is 34.5. The quantitative estimate of drug-likeness (QED) is 0.137. The maximum atomic E-state index is 14.2. The van der Waals surface area contributed by atoms with Gasteiger partial charge < -0.3 is 45.1 Å². The topological polar surface area (TPSA) is 176 Å². The molecule has 4 N–H and O–H groups in total. The number of hydrogen-bond acceptors (Lipinski definition) is 9. The maximum absolute atomic E-state index is 14.2. The van der Waals surface area contributed by atoms with Crippen molar-refractivity contribution in [3.63, 3.8) is 0 Å². The monoisotopic (exact) mass is 761 g/mol. The highest BCUT2D eigenvalue weighted by Gasteiger charge is 2.43. The Labute approximate surface area is 322 Å². The first-order valence-corrected chi connectivity index (χ1v) is 19.2. The zero-order chi connectivity index (χ0) is 40.9. The molecule has 54 heavy (non-hydrogen) atoms. The van der Waals surface area contributed by atoms with Gasteiger partial charge in [0.1, 0.15) is 17.8 Å². The van der Waals surface area contributed by atoms with Crippen LogP contribution in [-0.4, -0.2) is 129 Å². The predicted octanol–water partition coefficient (Wildman–Crippen LogP) is 3.11. The molecule has 4 unspecified atom stereocenters. The van der Waals surface area contributed by atoms with Gasteiger partial charge in [-0.25, -0.2) is 4.79 Å². The second-order valence-electron chi connectivity index (χ2n) is 15.2. The Balaban J connectivity index is 2.28. The Morgan fingerprint density at radius 1 is 0.926 bits per heavy atom. The number of carbonyl (C=O) groups excluding carboxylic acids is 4. The van der Waals surface area contributed by atoms with Crippen LogP contribution in [0.5, 0.6) is 5.75 Å². The molecule has 1 saturated heterocycles. The molecule has 1 aliphatic rings. The predicted molar refractivity (Wildman–Crippen MR) is 207 cm³/mol. The smallest absolute Gasteiger partial charge is 0.326 e. The largest absolute Gasteiger partial charge is 0.496 e. The number of likely N-dealkylation sites (tertiary alicyclic amines) is 1. The Hall–Kier alpha value is -3.75. The van der Waals surface area contributed by atoms with E-state index in [1.165, 1.54) is 21.3 Å². The van der Waals surface area contributed by atoms with Gasteiger partial charge in [0.2, 0.25) is 23.6 Å². The van der Waals surface area contributed by atoms with Crippen molar-refractivity contribution in [1.29, 1.82) is 0 Å². The number of nitrogens with one attached hydrogen (secondary N) is 3. The summed E-state index contributed by atoms with van der Waals surface area (Å²) >= 11 is 0. The van der Waals surface area contributed by atoms with Crippen LogP contribution in [0, 0.1) is 23.7 Å². The van der Waals surface area contributed by atoms with Gasteiger partial charge in [-0.15, -0.1) is 0 Å². The summed E-state index contributed by atoms with van der Waals surface area (Å²) in [5, 5.41) is 18.7. The molecule has 1 aliphatic heterocycles. The summed E-state index contributed by atoms with van der Waals surface area (Å²) < 4.78 is 17.2. The van der Waals surface area contributed by atoms with Crippen LogP contribution in [0.2, 0.25) is 0 Å². The number of para-hydroxylation sites is 1. The van der Waals surface area contributed by atoms with E-state index in [2.05, 4.69) is 16.0 Å². The minimum atomic E-state index is -1.21. The van der Waals surface area contributed by atoms with Gasteiger partial charge in [0.15, 0.2) is 0 Å². The number of carbonyl (C=O) groups is 5. The van der Waals surface area contributed by atoms with E-state index in [0.29, 0.717) is 37.1 Å². The first-order valence-electron chi connectivity index (χ1n) is 19.2.